The van der Waals surface area contributed by atoms with Crippen LogP contribution in [0.5, 0.6) is 17.2 Å². The Kier molecular flexibility index (Phi) is 5.04. The fourth-order valence-corrected chi connectivity index (χ4v) is 2.00. The van der Waals surface area contributed by atoms with Gasteiger partial charge in [0.1, 0.15) is 23.1 Å². The van der Waals surface area contributed by atoms with Gasteiger partial charge < -0.3 is 14.2 Å². The summed E-state index contributed by atoms with van der Waals surface area (Å²) in [6.45, 7) is 2.63. The Morgan fingerprint density at radius 1 is 0.905 bits per heavy atom. The van der Waals surface area contributed by atoms with E-state index in [0.29, 0.717) is 35.0 Å². The molecule has 0 amide bonds. The van der Waals surface area contributed by atoms with Crippen molar-refractivity contribution >= 4 is 0 Å². The highest BCUT2D eigenvalue weighted by Crippen LogP contribution is 2.33. The van der Waals surface area contributed by atoms with Crippen LogP contribution in [0.15, 0.2) is 36.4 Å². The first-order valence-electron chi connectivity index (χ1n) is 6.83. The molecule has 0 fully saturated rings. The SMILES string of the molecule is CCCOc1ccc(F)c(-c2cc(OC)cc(OC)c2)c1. The fourth-order valence-electron chi connectivity index (χ4n) is 2.00. The Labute approximate surface area is 124 Å². The van der Waals surface area contributed by atoms with E-state index in [1.54, 1.807) is 44.6 Å². The highest BCUT2D eigenvalue weighted by molar-refractivity contribution is 5.69. The maximum Gasteiger partial charge on any atom is 0.131 e. The number of benzene rings is 2. The maximum atomic E-state index is 14.1. The second kappa shape index (κ2) is 6.97. The first kappa shape index (κ1) is 15.2. The lowest BCUT2D eigenvalue weighted by Crippen LogP contribution is -1.96. The third-order valence-electron chi connectivity index (χ3n) is 3.07. The Morgan fingerprint density at radius 3 is 2.14 bits per heavy atom. The van der Waals surface area contributed by atoms with E-state index >= 15 is 0 Å². The van der Waals surface area contributed by atoms with Gasteiger partial charge in [0.05, 0.1) is 20.8 Å². The summed E-state index contributed by atoms with van der Waals surface area (Å²) in [6, 6.07) is 10.0. The molecule has 3 nitrogen and oxygen atoms in total. The molecule has 0 aliphatic carbocycles. The van der Waals surface area contributed by atoms with Crippen molar-refractivity contribution in [3.8, 4) is 28.4 Å². The van der Waals surface area contributed by atoms with Crippen LogP contribution in [0, 0.1) is 5.82 Å². The van der Waals surface area contributed by atoms with Crippen LogP contribution in [0.3, 0.4) is 0 Å². The number of hydrogen-bond acceptors (Lipinski definition) is 3. The second-order valence-electron chi connectivity index (χ2n) is 4.59. The molecule has 112 valence electrons. The Morgan fingerprint density at radius 2 is 1.57 bits per heavy atom. The summed E-state index contributed by atoms with van der Waals surface area (Å²) < 4.78 is 30.1. The van der Waals surface area contributed by atoms with Crippen LogP contribution in [0.1, 0.15) is 13.3 Å². The predicted octanol–water partition coefficient (Wildman–Crippen LogP) is 4.30. The molecule has 0 N–H and O–H groups in total. The van der Waals surface area contributed by atoms with Crippen LogP contribution < -0.4 is 14.2 Å². The van der Waals surface area contributed by atoms with E-state index in [9.17, 15) is 4.39 Å². The monoisotopic (exact) mass is 290 g/mol. The van der Waals surface area contributed by atoms with E-state index in [4.69, 9.17) is 14.2 Å². The molecule has 0 unspecified atom stereocenters. The van der Waals surface area contributed by atoms with Gasteiger partial charge >= 0.3 is 0 Å². The lowest BCUT2D eigenvalue weighted by Gasteiger charge is -2.11. The number of ether oxygens (including phenoxy) is 3. The van der Waals surface area contributed by atoms with Crippen molar-refractivity contribution in [3.63, 3.8) is 0 Å². The van der Waals surface area contributed by atoms with Crippen molar-refractivity contribution < 1.29 is 18.6 Å². The van der Waals surface area contributed by atoms with Crippen LogP contribution in [0.25, 0.3) is 11.1 Å². The summed E-state index contributed by atoms with van der Waals surface area (Å²) in [5.74, 6) is 1.57. The molecular formula is C17H19FO3. The number of halogens is 1. The van der Waals surface area contributed by atoms with Gasteiger partial charge in [-0.25, -0.2) is 4.39 Å². The quantitative estimate of drug-likeness (QED) is 0.794. The lowest BCUT2D eigenvalue weighted by atomic mass is 10.0. The van der Waals surface area contributed by atoms with Crippen LogP contribution in [-0.2, 0) is 0 Å². The topological polar surface area (TPSA) is 27.7 Å². The molecule has 0 radical (unpaired) electrons. The molecule has 0 aromatic heterocycles. The van der Waals surface area contributed by atoms with Crippen molar-refractivity contribution in [1.82, 2.24) is 0 Å². The molecule has 2 aromatic carbocycles. The molecule has 0 saturated carbocycles. The van der Waals surface area contributed by atoms with E-state index < -0.39 is 0 Å². The summed E-state index contributed by atoms with van der Waals surface area (Å²) >= 11 is 0. The molecule has 4 heteroatoms. The smallest absolute Gasteiger partial charge is 0.131 e. The van der Waals surface area contributed by atoms with Crippen molar-refractivity contribution in [1.29, 1.82) is 0 Å². The zero-order chi connectivity index (χ0) is 15.2. The van der Waals surface area contributed by atoms with Gasteiger partial charge in [0, 0.05) is 11.6 Å². The zero-order valence-corrected chi connectivity index (χ0v) is 12.5. The van der Waals surface area contributed by atoms with Crippen LogP contribution >= 0.6 is 0 Å². The largest absolute Gasteiger partial charge is 0.497 e. The van der Waals surface area contributed by atoms with Crippen LogP contribution in [-0.4, -0.2) is 20.8 Å². The summed E-state index contributed by atoms with van der Waals surface area (Å²) in [6.07, 6.45) is 0.902. The standard InChI is InChI=1S/C17H19FO3/c1-4-7-21-13-5-6-17(18)16(11-13)12-8-14(19-2)10-15(9-12)20-3/h5-6,8-11H,4,7H2,1-3H3. The molecule has 0 aliphatic heterocycles. The summed E-state index contributed by atoms with van der Waals surface area (Å²) in [7, 11) is 3.13. The third kappa shape index (κ3) is 3.66. The number of methoxy groups -OCH3 is 2. The van der Waals surface area contributed by atoms with Crippen LogP contribution in [0.4, 0.5) is 4.39 Å². The second-order valence-corrected chi connectivity index (χ2v) is 4.59. The first-order chi connectivity index (χ1) is 10.2. The van der Waals surface area contributed by atoms with Gasteiger partial charge in [-0.3, -0.25) is 0 Å². The molecular weight excluding hydrogens is 271 g/mol. The van der Waals surface area contributed by atoms with Gasteiger partial charge in [-0.1, -0.05) is 6.92 Å². The zero-order valence-electron chi connectivity index (χ0n) is 12.5. The van der Waals surface area contributed by atoms with Crippen LogP contribution in [0.2, 0.25) is 0 Å². The Balaban J connectivity index is 2.44. The molecule has 2 rings (SSSR count). The van der Waals surface area contributed by atoms with Gasteiger partial charge in [-0.2, -0.15) is 0 Å². The molecule has 0 atom stereocenters. The Bertz CT molecular complexity index is 589. The van der Waals surface area contributed by atoms with E-state index in [0.717, 1.165) is 6.42 Å². The average molecular weight is 290 g/mol. The van der Waals surface area contributed by atoms with E-state index in [1.165, 1.54) is 6.07 Å². The molecule has 2 aromatic rings. The first-order valence-corrected chi connectivity index (χ1v) is 6.83. The molecule has 0 aliphatic rings. The molecule has 21 heavy (non-hydrogen) atoms. The van der Waals surface area contributed by atoms with Gasteiger partial charge in [0.2, 0.25) is 0 Å². The molecule has 0 bridgehead atoms. The highest BCUT2D eigenvalue weighted by atomic mass is 19.1. The third-order valence-corrected chi connectivity index (χ3v) is 3.07. The van der Waals surface area contributed by atoms with Gasteiger partial charge in [-0.15, -0.1) is 0 Å². The van der Waals surface area contributed by atoms with Crippen molar-refractivity contribution in [2.75, 3.05) is 20.8 Å². The van der Waals surface area contributed by atoms with E-state index in [2.05, 4.69) is 0 Å². The van der Waals surface area contributed by atoms with Gasteiger partial charge in [-0.05, 0) is 42.3 Å². The average Bonchev–Trinajstić information content (AvgIpc) is 2.53. The fraction of sp³-hybridized carbons (Fsp3) is 0.294. The van der Waals surface area contributed by atoms with Crippen molar-refractivity contribution in [3.05, 3.63) is 42.2 Å². The van der Waals surface area contributed by atoms with Gasteiger partial charge in [0.25, 0.3) is 0 Å². The van der Waals surface area contributed by atoms with E-state index in [1.807, 2.05) is 6.92 Å². The minimum absolute atomic E-state index is 0.311. The lowest BCUT2D eigenvalue weighted by molar-refractivity contribution is 0.317. The maximum absolute atomic E-state index is 14.1. The Hall–Kier alpha value is -2.23. The summed E-state index contributed by atoms with van der Waals surface area (Å²) in [5, 5.41) is 0. The number of hydrogen-bond donors (Lipinski definition) is 0. The molecule has 0 spiro atoms. The summed E-state index contributed by atoms with van der Waals surface area (Å²) in [4.78, 5) is 0. The highest BCUT2D eigenvalue weighted by Gasteiger charge is 2.10. The van der Waals surface area contributed by atoms with Crippen molar-refractivity contribution in [2.24, 2.45) is 0 Å². The normalized spacial score (nSPS) is 10.3. The molecule has 0 saturated heterocycles. The predicted molar refractivity (Wildman–Crippen MR) is 80.7 cm³/mol. The number of rotatable bonds is 6. The van der Waals surface area contributed by atoms with E-state index in [-0.39, 0.29) is 5.82 Å². The molecule has 0 heterocycles. The summed E-state index contributed by atoms with van der Waals surface area (Å²) in [5.41, 5.74) is 1.14. The van der Waals surface area contributed by atoms with Gasteiger partial charge in [0.15, 0.2) is 0 Å². The minimum Gasteiger partial charge on any atom is -0.497 e. The minimum atomic E-state index is -0.311. The van der Waals surface area contributed by atoms with Crippen molar-refractivity contribution in [2.45, 2.75) is 13.3 Å².